The summed E-state index contributed by atoms with van der Waals surface area (Å²) in [5.74, 6) is 0.749. The number of hydrogen-bond acceptors (Lipinski definition) is 5. The average Bonchev–Trinajstić information content (AvgIpc) is 3.16. The zero-order chi connectivity index (χ0) is 18.8. The Kier molecular flexibility index (Phi) is 4.89. The van der Waals surface area contributed by atoms with Crippen molar-refractivity contribution in [2.75, 3.05) is 0 Å². The minimum absolute atomic E-state index is 0.0355. The van der Waals surface area contributed by atoms with Crippen LogP contribution in [0.5, 0.6) is 0 Å². The first-order chi connectivity index (χ1) is 13.1. The van der Waals surface area contributed by atoms with Crippen molar-refractivity contribution in [1.29, 1.82) is 0 Å². The van der Waals surface area contributed by atoms with E-state index in [9.17, 15) is 9.59 Å². The van der Waals surface area contributed by atoms with Crippen LogP contribution in [0.4, 0.5) is 0 Å². The Morgan fingerprint density at radius 3 is 2.96 bits per heavy atom. The summed E-state index contributed by atoms with van der Waals surface area (Å²) < 4.78 is 3.23. The summed E-state index contributed by atoms with van der Waals surface area (Å²) in [5, 5.41) is 7.61. The molecule has 0 fully saturated rings. The Labute approximate surface area is 160 Å². The van der Waals surface area contributed by atoms with Gasteiger partial charge >= 0.3 is 5.69 Å². The van der Waals surface area contributed by atoms with Gasteiger partial charge in [0, 0.05) is 36.3 Å². The van der Waals surface area contributed by atoms with Gasteiger partial charge in [0.25, 0.3) is 5.91 Å². The van der Waals surface area contributed by atoms with Crippen LogP contribution < -0.4 is 11.0 Å². The van der Waals surface area contributed by atoms with Gasteiger partial charge in [0.05, 0.1) is 11.4 Å². The van der Waals surface area contributed by atoms with Crippen LogP contribution in [0.1, 0.15) is 38.8 Å². The molecule has 1 aliphatic heterocycles. The summed E-state index contributed by atoms with van der Waals surface area (Å²) >= 11 is 1.50. The summed E-state index contributed by atoms with van der Waals surface area (Å²) in [4.78, 5) is 31.0. The Morgan fingerprint density at radius 2 is 2.22 bits per heavy atom. The van der Waals surface area contributed by atoms with Crippen LogP contribution >= 0.6 is 11.3 Å². The topological polar surface area (TPSA) is 81.8 Å². The lowest BCUT2D eigenvalue weighted by molar-refractivity contribution is 0.0937. The molecular weight excluding hydrogens is 362 g/mol. The van der Waals surface area contributed by atoms with Gasteiger partial charge in [-0.15, -0.1) is 11.3 Å². The third kappa shape index (κ3) is 3.85. The second-order valence-electron chi connectivity index (χ2n) is 6.78. The summed E-state index contributed by atoms with van der Waals surface area (Å²) in [6.45, 7) is 2.97. The number of hydrogen-bond donors (Lipinski definition) is 1. The molecule has 0 spiro atoms. The van der Waals surface area contributed by atoms with Gasteiger partial charge in [0.1, 0.15) is 5.82 Å². The lowest BCUT2D eigenvalue weighted by Crippen LogP contribution is -2.35. The molecule has 3 aromatic rings. The van der Waals surface area contributed by atoms with Gasteiger partial charge in [0.15, 0.2) is 0 Å². The number of aryl methyl sites for hydroxylation is 2. The first kappa shape index (κ1) is 17.7. The number of fused-ring (bicyclic) bond motifs is 1. The molecule has 3 aromatic heterocycles. The number of carbonyl (C=O) groups is 1. The van der Waals surface area contributed by atoms with Crippen LogP contribution in [0.15, 0.2) is 41.5 Å². The highest BCUT2D eigenvalue weighted by atomic mass is 32.1. The van der Waals surface area contributed by atoms with Crippen molar-refractivity contribution in [2.24, 2.45) is 0 Å². The minimum Gasteiger partial charge on any atom is -0.349 e. The molecule has 27 heavy (non-hydrogen) atoms. The molecule has 1 unspecified atom stereocenters. The van der Waals surface area contributed by atoms with Crippen LogP contribution in [0, 0.1) is 6.92 Å². The van der Waals surface area contributed by atoms with Gasteiger partial charge in [0.2, 0.25) is 0 Å². The number of rotatable bonds is 4. The predicted molar refractivity (Wildman–Crippen MR) is 103 cm³/mol. The molecular formula is C19H21N5O2S. The molecule has 7 nitrogen and oxygen atoms in total. The average molecular weight is 383 g/mol. The first-order valence-electron chi connectivity index (χ1n) is 9.03. The van der Waals surface area contributed by atoms with Crippen molar-refractivity contribution < 1.29 is 4.79 Å². The SMILES string of the molecule is Cc1ccc(C(=O)NC2CCc3nn(Cc4cccnc4)c(=O)n3CC2)s1. The predicted octanol–water partition coefficient (Wildman–Crippen LogP) is 1.99. The molecule has 0 saturated carbocycles. The minimum atomic E-state index is -0.102. The van der Waals surface area contributed by atoms with E-state index < -0.39 is 0 Å². The molecule has 0 bridgehead atoms. The zero-order valence-corrected chi connectivity index (χ0v) is 15.9. The first-order valence-corrected chi connectivity index (χ1v) is 9.84. The highest BCUT2D eigenvalue weighted by molar-refractivity contribution is 7.13. The molecule has 0 aromatic carbocycles. The molecule has 4 heterocycles. The second kappa shape index (κ2) is 7.48. The van der Waals surface area contributed by atoms with Gasteiger partial charge in [-0.1, -0.05) is 6.07 Å². The van der Waals surface area contributed by atoms with Crippen LogP contribution in [-0.2, 0) is 19.5 Å². The summed E-state index contributed by atoms with van der Waals surface area (Å²) in [6, 6.07) is 7.64. The van der Waals surface area contributed by atoms with Gasteiger partial charge in [-0.3, -0.25) is 14.3 Å². The van der Waals surface area contributed by atoms with E-state index in [1.165, 1.54) is 16.0 Å². The number of nitrogens with zero attached hydrogens (tertiary/aromatic N) is 4. The highest BCUT2D eigenvalue weighted by Gasteiger charge is 2.22. The molecule has 0 aliphatic carbocycles. The van der Waals surface area contributed by atoms with Crippen LogP contribution in [-0.4, -0.2) is 31.3 Å². The summed E-state index contributed by atoms with van der Waals surface area (Å²) in [5.41, 5.74) is 0.846. The third-order valence-electron chi connectivity index (χ3n) is 4.77. The van der Waals surface area contributed by atoms with E-state index in [-0.39, 0.29) is 17.6 Å². The van der Waals surface area contributed by atoms with Crippen molar-refractivity contribution >= 4 is 17.2 Å². The van der Waals surface area contributed by atoms with E-state index in [2.05, 4.69) is 15.4 Å². The third-order valence-corrected chi connectivity index (χ3v) is 5.77. The molecule has 0 radical (unpaired) electrons. The normalized spacial score (nSPS) is 16.6. The standard InChI is InChI=1S/C19H21N5O2S/c1-13-4-6-16(27-13)18(25)21-15-5-7-17-22-24(19(26)23(17)10-8-15)12-14-3-2-9-20-11-14/h2-4,6,9,11,15H,5,7-8,10,12H2,1H3,(H,21,25). The molecule has 1 atom stereocenters. The van der Waals surface area contributed by atoms with Crippen molar-refractivity contribution in [3.8, 4) is 0 Å². The highest BCUT2D eigenvalue weighted by Crippen LogP contribution is 2.17. The molecule has 8 heteroatoms. The van der Waals surface area contributed by atoms with Crippen molar-refractivity contribution in [1.82, 2.24) is 24.6 Å². The molecule has 140 valence electrons. The number of pyridine rings is 1. The fourth-order valence-corrected chi connectivity index (χ4v) is 4.12. The van der Waals surface area contributed by atoms with Crippen LogP contribution in [0.2, 0.25) is 0 Å². The van der Waals surface area contributed by atoms with Gasteiger partial charge in [-0.2, -0.15) is 5.10 Å². The maximum atomic E-state index is 12.7. The van der Waals surface area contributed by atoms with Crippen molar-refractivity contribution in [3.63, 3.8) is 0 Å². The molecule has 1 amide bonds. The Bertz CT molecular complexity index is 1000. The fraction of sp³-hybridized carbons (Fsp3) is 0.368. The van der Waals surface area contributed by atoms with Crippen LogP contribution in [0.3, 0.4) is 0 Å². The lowest BCUT2D eigenvalue weighted by Gasteiger charge is -2.15. The molecule has 1 N–H and O–H groups in total. The number of amides is 1. The van der Waals surface area contributed by atoms with Crippen LogP contribution in [0.25, 0.3) is 0 Å². The van der Waals surface area contributed by atoms with Crippen molar-refractivity contribution in [2.45, 2.75) is 45.3 Å². The van der Waals surface area contributed by atoms with E-state index in [0.29, 0.717) is 19.5 Å². The van der Waals surface area contributed by atoms with E-state index in [1.807, 2.05) is 31.2 Å². The maximum Gasteiger partial charge on any atom is 0.346 e. The quantitative estimate of drug-likeness (QED) is 0.747. The molecule has 1 aliphatic rings. The zero-order valence-electron chi connectivity index (χ0n) is 15.1. The van der Waals surface area contributed by atoms with Crippen molar-refractivity contribution in [3.05, 3.63) is 68.3 Å². The van der Waals surface area contributed by atoms with E-state index in [4.69, 9.17) is 0 Å². The Balaban J connectivity index is 1.43. The number of nitrogens with one attached hydrogen (secondary N) is 1. The van der Waals surface area contributed by atoms with Gasteiger partial charge in [-0.25, -0.2) is 9.48 Å². The largest absolute Gasteiger partial charge is 0.349 e. The van der Waals surface area contributed by atoms with Gasteiger partial charge < -0.3 is 5.32 Å². The Morgan fingerprint density at radius 1 is 1.33 bits per heavy atom. The van der Waals surface area contributed by atoms with Gasteiger partial charge in [-0.05, 0) is 43.5 Å². The van der Waals surface area contributed by atoms with E-state index in [1.54, 1.807) is 17.0 Å². The summed E-state index contributed by atoms with van der Waals surface area (Å²) in [7, 11) is 0. The molecule has 4 rings (SSSR count). The smallest absolute Gasteiger partial charge is 0.346 e. The lowest BCUT2D eigenvalue weighted by atomic mass is 10.1. The number of thiophene rings is 1. The number of aromatic nitrogens is 4. The Hall–Kier alpha value is -2.74. The van der Waals surface area contributed by atoms with E-state index >= 15 is 0 Å². The van der Waals surface area contributed by atoms with E-state index in [0.717, 1.165) is 34.0 Å². The fourth-order valence-electron chi connectivity index (χ4n) is 3.35. The monoisotopic (exact) mass is 383 g/mol. The maximum absolute atomic E-state index is 12.7. The number of carbonyl (C=O) groups excluding carboxylic acids is 1. The molecule has 0 saturated heterocycles. The summed E-state index contributed by atoms with van der Waals surface area (Å²) in [6.07, 6.45) is 5.63. The second-order valence-corrected chi connectivity index (χ2v) is 8.07.